The van der Waals surface area contributed by atoms with Crippen LogP contribution in [0.3, 0.4) is 0 Å². The summed E-state index contributed by atoms with van der Waals surface area (Å²) in [6.45, 7) is 5.18. The van der Waals surface area contributed by atoms with Crippen LogP contribution in [0.25, 0.3) is 0 Å². The topological polar surface area (TPSA) is 46.4 Å². The van der Waals surface area contributed by atoms with Crippen LogP contribution in [-0.4, -0.2) is 18.0 Å². The van der Waals surface area contributed by atoms with Crippen LogP contribution in [0.5, 0.6) is 0 Å². The van der Waals surface area contributed by atoms with E-state index >= 15 is 0 Å². The van der Waals surface area contributed by atoms with Crippen LogP contribution in [0.15, 0.2) is 18.2 Å². The summed E-state index contributed by atoms with van der Waals surface area (Å²) in [5, 5.41) is 10.8. The molecule has 0 unspecified atom stereocenters. The highest BCUT2D eigenvalue weighted by molar-refractivity contribution is 5.63. The highest BCUT2D eigenvalue weighted by atomic mass is 19.1. The fourth-order valence-corrected chi connectivity index (χ4v) is 1.62. The Balaban J connectivity index is 3.16. The molecule has 0 aromatic heterocycles. The summed E-state index contributed by atoms with van der Waals surface area (Å²) in [7, 11) is 0. The number of benzene rings is 1. The van der Waals surface area contributed by atoms with Gasteiger partial charge in [-0.25, -0.2) is 4.39 Å². The van der Waals surface area contributed by atoms with Gasteiger partial charge in [-0.3, -0.25) is 10.1 Å². The first-order valence-corrected chi connectivity index (χ1v) is 5.29. The van der Waals surface area contributed by atoms with E-state index in [1.807, 2.05) is 13.8 Å². The number of hydrogen-bond donors (Lipinski definition) is 0. The minimum atomic E-state index is -0.479. The minimum Gasteiger partial charge on any atom is -0.366 e. The van der Waals surface area contributed by atoms with Gasteiger partial charge in [0.1, 0.15) is 11.5 Å². The summed E-state index contributed by atoms with van der Waals surface area (Å²) in [6.07, 6.45) is 0.863. The first kappa shape index (κ1) is 12.4. The zero-order chi connectivity index (χ0) is 12.1. The molecular formula is C11H15FN2O2. The van der Waals surface area contributed by atoms with Gasteiger partial charge in [-0.1, -0.05) is 6.92 Å². The lowest BCUT2D eigenvalue weighted by Crippen LogP contribution is -2.24. The fraction of sp³-hybridized carbons (Fsp3) is 0.455. The smallest absolute Gasteiger partial charge is 0.292 e. The highest BCUT2D eigenvalue weighted by Gasteiger charge is 2.18. The van der Waals surface area contributed by atoms with Gasteiger partial charge in [-0.05, 0) is 19.4 Å². The summed E-state index contributed by atoms with van der Waals surface area (Å²) < 4.78 is 13.1. The Kier molecular flexibility index (Phi) is 4.22. The standard InChI is InChI=1S/C11H15FN2O2/c1-3-7-13(4-2)11-8-9(12)5-6-10(11)14(15)16/h5-6,8H,3-4,7H2,1-2H3. The first-order chi connectivity index (χ1) is 7.60. The van der Waals surface area contributed by atoms with E-state index < -0.39 is 10.7 Å². The Labute approximate surface area is 93.8 Å². The van der Waals surface area contributed by atoms with Crippen LogP contribution in [0.2, 0.25) is 0 Å². The Morgan fingerprint density at radius 1 is 1.44 bits per heavy atom. The lowest BCUT2D eigenvalue weighted by Gasteiger charge is -2.21. The van der Waals surface area contributed by atoms with E-state index in [2.05, 4.69) is 0 Å². The molecule has 0 saturated carbocycles. The molecule has 16 heavy (non-hydrogen) atoms. The Hall–Kier alpha value is -1.65. The van der Waals surface area contributed by atoms with Gasteiger partial charge in [-0.2, -0.15) is 0 Å². The van der Waals surface area contributed by atoms with Crippen LogP contribution in [0.4, 0.5) is 15.8 Å². The van der Waals surface area contributed by atoms with Crippen molar-refractivity contribution < 1.29 is 9.31 Å². The molecule has 0 aliphatic heterocycles. The lowest BCUT2D eigenvalue weighted by molar-refractivity contribution is -0.384. The van der Waals surface area contributed by atoms with E-state index in [1.54, 1.807) is 4.90 Å². The quantitative estimate of drug-likeness (QED) is 0.572. The van der Waals surface area contributed by atoms with E-state index in [1.165, 1.54) is 12.1 Å². The van der Waals surface area contributed by atoms with Crippen LogP contribution in [0, 0.1) is 15.9 Å². The third-order valence-electron chi connectivity index (χ3n) is 2.35. The van der Waals surface area contributed by atoms with Crippen LogP contribution in [0.1, 0.15) is 20.3 Å². The van der Waals surface area contributed by atoms with Gasteiger partial charge in [0, 0.05) is 25.2 Å². The van der Waals surface area contributed by atoms with Gasteiger partial charge in [0.2, 0.25) is 0 Å². The first-order valence-electron chi connectivity index (χ1n) is 5.29. The van der Waals surface area contributed by atoms with E-state index in [4.69, 9.17) is 0 Å². The van der Waals surface area contributed by atoms with E-state index in [-0.39, 0.29) is 5.69 Å². The molecule has 0 N–H and O–H groups in total. The summed E-state index contributed by atoms with van der Waals surface area (Å²) in [4.78, 5) is 12.1. The van der Waals surface area contributed by atoms with Crippen molar-refractivity contribution in [2.45, 2.75) is 20.3 Å². The number of hydrogen-bond acceptors (Lipinski definition) is 3. The van der Waals surface area contributed by atoms with Gasteiger partial charge in [0.25, 0.3) is 5.69 Å². The SMILES string of the molecule is CCCN(CC)c1cc(F)ccc1[N+](=O)[O-]. The molecule has 0 atom stereocenters. The van der Waals surface area contributed by atoms with E-state index in [9.17, 15) is 14.5 Å². The maximum atomic E-state index is 13.1. The van der Waals surface area contributed by atoms with Crippen LogP contribution >= 0.6 is 0 Å². The van der Waals surface area contributed by atoms with Gasteiger partial charge < -0.3 is 4.90 Å². The number of halogens is 1. The summed E-state index contributed by atoms with van der Waals surface area (Å²) in [6, 6.07) is 3.54. The molecule has 0 amide bonds. The van der Waals surface area contributed by atoms with Gasteiger partial charge in [0.15, 0.2) is 0 Å². The van der Waals surface area contributed by atoms with Crippen LogP contribution < -0.4 is 4.90 Å². The van der Waals surface area contributed by atoms with Crippen molar-refractivity contribution in [3.05, 3.63) is 34.1 Å². The maximum absolute atomic E-state index is 13.1. The number of rotatable bonds is 5. The molecule has 0 heterocycles. The zero-order valence-electron chi connectivity index (χ0n) is 9.44. The normalized spacial score (nSPS) is 10.2. The van der Waals surface area contributed by atoms with Crippen molar-refractivity contribution in [3.8, 4) is 0 Å². The third kappa shape index (κ3) is 2.68. The van der Waals surface area contributed by atoms with Crippen molar-refractivity contribution in [2.75, 3.05) is 18.0 Å². The molecule has 0 bridgehead atoms. The summed E-state index contributed by atoms with van der Waals surface area (Å²) in [5.41, 5.74) is 0.311. The predicted molar refractivity (Wildman–Crippen MR) is 61.2 cm³/mol. The molecule has 0 fully saturated rings. The molecule has 1 aromatic carbocycles. The molecule has 0 aliphatic rings. The van der Waals surface area contributed by atoms with Gasteiger partial charge in [-0.15, -0.1) is 0 Å². The predicted octanol–water partition coefficient (Wildman–Crippen LogP) is 2.97. The highest BCUT2D eigenvalue weighted by Crippen LogP contribution is 2.28. The molecule has 0 aliphatic carbocycles. The molecule has 4 nitrogen and oxygen atoms in total. The van der Waals surface area contributed by atoms with Crippen molar-refractivity contribution in [1.29, 1.82) is 0 Å². The largest absolute Gasteiger partial charge is 0.366 e. The Bertz CT molecular complexity index is 382. The van der Waals surface area contributed by atoms with Crippen molar-refractivity contribution in [2.24, 2.45) is 0 Å². The molecule has 1 rings (SSSR count). The number of nitro groups is 1. The molecule has 88 valence electrons. The molecule has 1 aromatic rings. The average molecular weight is 226 g/mol. The van der Waals surface area contributed by atoms with Gasteiger partial charge >= 0.3 is 0 Å². The van der Waals surface area contributed by atoms with Crippen molar-refractivity contribution in [3.63, 3.8) is 0 Å². The second-order valence-electron chi connectivity index (χ2n) is 3.47. The molecular weight excluding hydrogens is 211 g/mol. The van der Waals surface area contributed by atoms with Crippen molar-refractivity contribution in [1.82, 2.24) is 0 Å². The van der Waals surface area contributed by atoms with E-state index in [0.717, 1.165) is 12.5 Å². The Morgan fingerprint density at radius 2 is 2.12 bits per heavy atom. The molecule has 0 radical (unpaired) electrons. The summed E-state index contributed by atoms with van der Waals surface area (Å²) >= 11 is 0. The third-order valence-corrected chi connectivity index (χ3v) is 2.35. The number of anilines is 1. The molecule has 0 saturated heterocycles. The lowest BCUT2D eigenvalue weighted by atomic mass is 10.2. The Morgan fingerprint density at radius 3 is 2.62 bits per heavy atom. The molecule has 5 heteroatoms. The van der Waals surface area contributed by atoms with Crippen molar-refractivity contribution >= 4 is 11.4 Å². The van der Waals surface area contributed by atoms with E-state index in [0.29, 0.717) is 18.8 Å². The zero-order valence-corrected chi connectivity index (χ0v) is 9.44. The molecule has 0 spiro atoms. The fourth-order valence-electron chi connectivity index (χ4n) is 1.62. The van der Waals surface area contributed by atoms with Crippen LogP contribution in [-0.2, 0) is 0 Å². The van der Waals surface area contributed by atoms with Gasteiger partial charge in [0.05, 0.1) is 4.92 Å². The number of nitro benzene ring substituents is 1. The second kappa shape index (κ2) is 5.44. The number of nitrogens with zero attached hydrogens (tertiary/aromatic N) is 2. The second-order valence-corrected chi connectivity index (χ2v) is 3.47. The summed E-state index contributed by atoms with van der Waals surface area (Å²) in [5.74, 6) is -0.449. The maximum Gasteiger partial charge on any atom is 0.292 e. The average Bonchev–Trinajstić information content (AvgIpc) is 2.25. The minimum absolute atomic E-state index is 0.0447. The monoisotopic (exact) mass is 226 g/mol.